The van der Waals surface area contributed by atoms with Crippen LogP contribution in [-0.2, 0) is 4.74 Å². The van der Waals surface area contributed by atoms with Gasteiger partial charge in [-0.25, -0.2) is 19.7 Å². The second-order valence-corrected chi connectivity index (χ2v) is 11.5. The summed E-state index contributed by atoms with van der Waals surface area (Å²) < 4.78 is 7.68. The number of fused-ring (bicyclic) bond motifs is 1. The number of aromatic nitrogens is 4. The number of carbonyl (C=O) groups is 1. The van der Waals surface area contributed by atoms with Gasteiger partial charge in [-0.1, -0.05) is 42.5 Å². The molecule has 4 heterocycles. The summed E-state index contributed by atoms with van der Waals surface area (Å²) in [6.45, 7) is 7.05. The zero-order valence-electron chi connectivity index (χ0n) is 23.6. The standard InChI is InChI=1S/C33H34N6O2/c1-33(2,3)41-32(40)38-20-8-11-24(21-38)22-13-15-25(16-14-22)39-30(26-12-7-19-35-29(26)34)37-28-18-17-27(36-31(28)39)23-9-5-4-6-10-23/h4-7,9-10,12-19,24H,8,11,20-21H2,1-3H3,(H2,34,35). The number of hydrogen-bond acceptors (Lipinski definition) is 6. The number of likely N-dealkylation sites (tertiary alicyclic amines) is 1. The van der Waals surface area contributed by atoms with Gasteiger partial charge in [-0.2, -0.15) is 0 Å². The number of ether oxygens (including phenoxy) is 1. The van der Waals surface area contributed by atoms with Gasteiger partial charge in [0.25, 0.3) is 0 Å². The van der Waals surface area contributed by atoms with Gasteiger partial charge >= 0.3 is 6.09 Å². The molecule has 1 aliphatic heterocycles. The Balaban J connectivity index is 1.38. The fourth-order valence-corrected chi connectivity index (χ4v) is 5.40. The Morgan fingerprint density at radius 2 is 1.73 bits per heavy atom. The summed E-state index contributed by atoms with van der Waals surface area (Å²) >= 11 is 0. The van der Waals surface area contributed by atoms with Crippen molar-refractivity contribution < 1.29 is 9.53 Å². The van der Waals surface area contributed by atoms with E-state index in [1.165, 1.54) is 5.56 Å². The molecule has 1 amide bonds. The lowest BCUT2D eigenvalue weighted by Crippen LogP contribution is -2.42. The van der Waals surface area contributed by atoms with Crippen molar-refractivity contribution in [3.63, 3.8) is 0 Å². The molecule has 5 aromatic rings. The summed E-state index contributed by atoms with van der Waals surface area (Å²) in [5.41, 5.74) is 12.1. The van der Waals surface area contributed by atoms with Gasteiger partial charge in [0.05, 0.1) is 11.3 Å². The van der Waals surface area contributed by atoms with Gasteiger partial charge in [0.15, 0.2) is 11.5 Å². The number of amides is 1. The minimum absolute atomic E-state index is 0.237. The lowest BCUT2D eigenvalue weighted by atomic mass is 9.90. The van der Waals surface area contributed by atoms with Gasteiger partial charge in [-0.05, 0) is 75.6 Å². The van der Waals surface area contributed by atoms with Crippen LogP contribution in [0.1, 0.15) is 45.1 Å². The molecule has 3 aromatic heterocycles. The number of hydrogen-bond donors (Lipinski definition) is 1. The number of rotatable bonds is 4. The summed E-state index contributed by atoms with van der Waals surface area (Å²) in [4.78, 5) is 28.9. The van der Waals surface area contributed by atoms with Crippen LogP contribution in [0.25, 0.3) is 39.5 Å². The molecular formula is C33H34N6O2. The Hall–Kier alpha value is -4.72. The zero-order chi connectivity index (χ0) is 28.6. The van der Waals surface area contributed by atoms with Crippen molar-refractivity contribution in [2.45, 2.75) is 45.1 Å². The van der Waals surface area contributed by atoms with Gasteiger partial charge in [0, 0.05) is 36.5 Å². The molecular weight excluding hydrogens is 512 g/mol. The van der Waals surface area contributed by atoms with E-state index in [1.807, 2.05) is 72.7 Å². The predicted molar refractivity (Wildman–Crippen MR) is 162 cm³/mol. The Morgan fingerprint density at radius 1 is 0.951 bits per heavy atom. The molecule has 2 N–H and O–H groups in total. The lowest BCUT2D eigenvalue weighted by molar-refractivity contribution is 0.0198. The van der Waals surface area contributed by atoms with E-state index in [2.05, 4.69) is 41.4 Å². The van der Waals surface area contributed by atoms with Crippen LogP contribution >= 0.6 is 0 Å². The van der Waals surface area contributed by atoms with Crippen molar-refractivity contribution in [2.75, 3.05) is 18.8 Å². The second kappa shape index (κ2) is 10.7. The second-order valence-electron chi connectivity index (χ2n) is 11.5. The fraction of sp³-hybridized carbons (Fsp3) is 0.273. The van der Waals surface area contributed by atoms with Crippen LogP contribution in [0.5, 0.6) is 0 Å². The molecule has 2 aromatic carbocycles. The summed E-state index contributed by atoms with van der Waals surface area (Å²) in [6.07, 6.45) is 3.39. The van der Waals surface area contributed by atoms with Crippen LogP contribution in [0.2, 0.25) is 0 Å². The Kier molecular flexibility index (Phi) is 6.91. The van der Waals surface area contributed by atoms with Crippen LogP contribution in [0.3, 0.4) is 0 Å². The van der Waals surface area contributed by atoms with E-state index >= 15 is 0 Å². The predicted octanol–water partition coefficient (Wildman–Crippen LogP) is 6.85. The first kappa shape index (κ1) is 26.5. The monoisotopic (exact) mass is 546 g/mol. The normalized spacial score (nSPS) is 15.7. The molecule has 41 heavy (non-hydrogen) atoms. The molecule has 8 nitrogen and oxygen atoms in total. The molecule has 0 aliphatic carbocycles. The van der Waals surface area contributed by atoms with Crippen molar-refractivity contribution >= 4 is 23.1 Å². The Bertz CT molecular complexity index is 1690. The average Bonchev–Trinajstić information content (AvgIpc) is 3.36. The molecule has 6 rings (SSSR count). The van der Waals surface area contributed by atoms with Crippen LogP contribution < -0.4 is 5.73 Å². The number of anilines is 1. The van der Waals surface area contributed by atoms with E-state index in [0.717, 1.165) is 53.1 Å². The SMILES string of the molecule is CC(C)(C)OC(=O)N1CCCC(c2ccc(-n3c(-c4cccnc4N)nc4ccc(-c5ccccc5)nc43)cc2)C1. The lowest BCUT2D eigenvalue weighted by Gasteiger charge is -2.34. The van der Waals surface area contributed by atoms with Crippen molar-refractivity contribution in [1.29, 1.82) is 0 Å². The molecule has 0 spiro atoms. The molecule has 1 saturated heterocycles. The molecule has 1 atom stereocenters. The molecule has 208 valence electrons. The third-order valence-corrected chi connectivity index (χ3v) is 7.35. The van der Waals surface area contributed by atoms with E-state index < -0.39 is 5.60 Å². The highest BCUT2D eigenvalue weighted by molar-refractivity contribution is 5.84. The first-order valence-electron chi connectivity index (χ1n) is 14.0. The van der Waals surface area contributed by atoms with Crippen LogP contribution in [0.15, 0.2) is 85.1 Å². The zero-order valence-corrected chi connectivity index (χ0v) is 23.6. The number of nitrogens with zero attached hydrogens (tertiary/aromatic N) is 5. The van der Waals surface area contributed by atoms with Gasteiger partial charge in [0.1, 0.15) is 16.9 Å². The molecule has 1 fully saturated rings. The maximum Gasteiger partial charge on any atom is 0.410 e. The van der Waals surface area contributed by atoms with Crippen molar-refractivity contribution in [3.8, 4) is 28.3 Å². The minimum Gasteiger partial charge on any atom is -0.444 e. The Morgan fingerprint density at radius 3 is 2.46 bits per heavy atom. The smallest absolute Gasteiger partial charge is 0.410 e. The third-order valence-electron chi connectivity index (χ3n) is 7.35. The number of pyridine rings is 2. The first-order valence-corrected chi connectivity index (χ1v) is 14.0. The maximum atomic E-state index is 12.7. The maximum absolute atomic E-state index is 12.7. The van der Waals surface area contributed by atoms with Gasteiger partial charge in [0.2, 0.25) is 0 Å². The van der Waals surface area contributed by atoms with E-state index in [1.54, 1.807) is 6.20 Å². The number of carbonyl (C=O) groups excluding carboxylic acids is 1. The van der Waals surface area contributed by atoms with Crippen molar-refractivity contribution in [1.82, 2.24) is 24.4 Å². The van der Waals surface area contributed by atoms with Gasteiger partial charge in [-0.3, -0.25) is 4.57 Å². The summed E-state index contributed by atoms with van der Waals surface area (Å²) in [7, 11) is 0. The van der Waals surface area contributed by atoms with E-state index in [-0.39, 0.29) is 12.0 Å². The van der Waals surface area contributed by atoms with Crippen molar-refractivity contribution in [3.05, 3.63) is 90.6 Å². The summed E-state index contributed by atoms with van der Waals surface area (Å²) in [5.74, 6) is 1.33. The molecule has 8 heteroatoms. The largest absolute Gasteiger partial charge is 0.444 e. The number of benzene rings is 2. The number of piperidine rings is 1. The Labute approximate surface area is 239 Å². The fourth-order valence-electron chi connectivity index (χ4n) is 5.40. The number of nitrogen functional groups attached to an aromatic ring is 1. The quantitative estimate of drug-likeness (QED) is 0.265. The highest BCUT2D eigenvalue weighted by atomic mass is 16.6. The topological polar surface area (TPSA) is 99.2 Å². The molecule has 1 aliphatic rings. The van der Waals surface area contributed by atoms with E-state index in [9.17, 15) is 4.79 Å². The highest BCUT2D eigenvalue weighted by Crippen LogP contribution is 2.33. The van der Waals surface area contributed by atoms with E-state index in [0.29, 0.717) is 18.2 Å². The molecule has 1 unspecified atom stereocenters. The van der Waals surface area contributed by atoms with Gasteiger partial charge in [-0.15, -0.1) is 0 Å². The van der Waals surface area contributed by atoms with Crippen LogP contribution in [0.4, 0.5) is 10.6 Å². The molecule has 0 radical (unpaired) electrons. The third kappa shape index (κ3) is 5.50. The summed E-state index contributed by atoms with van der Waals surface area (Å²) in [6, 6.07) is 26.4. The first-order chi connectivity index (χ1) is 19.8. The molecule has 0 bridgehead atoms. The minimum atomic E-state index is -0.511. The van der Waals surface area contributed by atoms with E-state index in [4.69, 9.17) is 20.4 Å². The van der Waals surface area contributed by atoms with Crippen molar-refractivity contribution in [2.24, 2.45) is 0 Å². The van der Waals surface area contributed by atoms with Crippen LogP contribution in [0, 0.1) is 0 Å². The van der Waals surface area contributed by atoms with Crippen LogP contribution in [-0.4, -0.2) is 49.2 Å². The average molecular weight is 547 g/mol. The van der Waals surface area contributed by atoms with Gasteiger partial charge < -0.3 is 15.4 Å². The number of nitrogens with two attached hydrogens (primary N) is 1. The summed E-state index contributed by atoms with van der Waals surface area (Å²) in [5, 5.41) is 0. The number of imidazole rings is 1. The highest BCUT2D eigenvalue weighted by Gasteiger charge is 2.28. The molecule has 0 saturated carbocycles.